The number of para-hydroxylation sites is 1. The number of nitrogens with zero attached hydrogens (tertiary/aromatic N) is 2. The Bertz CT molecular complexity index is 1540. The predicted octanol–water partition coefficient (Wildman–Crippen LogP) is 5.11. The Balaban J connectivity index is 1.39. The molecule has 10 heteroatoms. The molecular formula is C26H20ClN3O6. The summed E-state index contributed by atoms with van der Waals surface area (Å²) in [5.41, 5.74) is 1.50. The molecule has 182 valence electrons. The second-order valence-corrected chi connectivity index (χ2v) is 8.60. The van der Waals surface area contributed by atoms with Gasteiger partial charge in [-0.1, -0.05) is 35.9 Å². The smallest absolute Gasteiger partial charge is 0.344 e. The van der Waals surface area contributed by atoms with E-state index in [1.165, 1.54) is 12.1 Å². The van der Waals surface area contributed by atoms with Crippen LogP contribution in [0, 0.1) is 10.1 Å². The van der Waals surface area contributed by atoms with Gasteiger partial charge in [-0.15, -0.1) is 0 Å². The van der Waals surface area contributed by atoms with E-state index >= 15 is 0 Å². The number of ether oxygens (including phenoxy) is 1. The van der Waals surface area contributed by atoms with Gasteiger partial charge in [0.05, 0.1) is 28.7 Å². The van der Waals surface area contributed by atoms with Crippen LogP contribution >= 0.6 is 11.6 Å². The normalized spacial score (nSPS) is 13.5. The van der Waals surface area contributed by atoms with Crippen molar-refractivity contribution in [2.24, 2.45) is 0 Å². The van der Waals surface area contributed by atoms with Crippen LogP contribution in [0.5, 0.6) is 0 Å². The van der Waals surface area contributed by atoms with E-state index < -0.39 is 16.5 Å². The largest absolute Gasteiger partial charge is 0.422 e. The lowest BCUT2D eigenvalue weighted by Gasteiger charge is -2.28. The fourth-order valence-electron chi connectivity index (χ4n) is 4.15. The Labute approximate surface area is 210 Å². The highest BCUT2D eigenvalue weighted by molar-refractivity contribution is 6.33. The third-order valence-electron chi connectivity index (χ3n) is 5.94. The molecule has 1 saturated heterocycles. The van der Waals surface area contributed by atoms with Gasteiger partial charge in [0.2, 0.25) is 0 Å². The van der Waals surface area contributed by atoms with Gasteiger partial charge in [0, 0.05) is 41.4 Å². The second kappa shape index (κ2) is 9.80. The number of amides is 1. The number of hydrogen-bond donors (Lipinski definition) is 1. The van der Waals surface area contributed by atoms with Crippen LogP contribution in [0.15, 0.2) is 75.9 Å². The standard InChI is InChI=1S/C26H20ClN3O6/c27-21-15-18(6-7-19(21)20-13-16-3-1-2-4-24(16)36-26(20)32)28-25(31)17-5-8-22(23(14-17)30(33)34)29-9-11-35-12-10-29/h1-8,13-15H,9-12H2,(H,28,31). The number of carbonyl (C=O) groups excluding carboxylic acids is 1. The molecule has 0 saturated carbocycles. The minimum Gasteiger partial charge on any atom is -0.422 e. The number of morpholine rings is 1. The van der Waals surface area contributed by atoms with Crippen LogP contribution in [0.4, 0.5) is 17.1 Å². The van der Waals surface area contributed by atoms with E-state index in [0.29, 0.717) is 54.4 Å². The quantitative estimate of drug-likeness (QED) is 0.227. The van der Waals surface area contributed by atoms with E-state index in [1.807, 2.05) is 17.0 Å². The first-order valence-corrected chi connectivity index (χ1v) is 11.5. The maximum absolute atomic E-state index is 12.9. The number of nitro benzene ring substituents is 1. The van der Waals surface area contributed by atoms with Gasteiger partial charge in [0.15, 0.2) is 0 Å². The molecule has 0 unspecified atom stereocenters. The molecule has 1 aromatic heterocycles. The topological polar surface area (TPSA) is 115 Å². The van der Waals surface area contributed by atoms with Gasteiger partial charge in [-0.3, -0.25) is 14.9 Å². The van der Waals surface area contributed by atoms with Crippen LogP contribution < -0.4 is 15.8 Å². The molecule has 9 nitrogen and oxygen atoms in total. The number of fused-ring (bicyclic) bond motifs is 1. The van der Waals surface area contributed by atoms with E-state index in [2.05, 4.69) is 5.32 Å². The lowest BCUT2D eigenvalue weighted by Crippen LogP contribution is -2.36. The third kappa shape index (κ3) is 4.66. The summed E-state index contributed by atoms with van der Waals surface area (Å²) < 4.78 is 10.7. The third-order valence-corrected chi connectivity index (χ3v) is 6.26. The van der Waals surface area contributed by atoms with Crippen molar-refractivity contribution in [3.63, 3.8) is 0 Å². The molecule has 3 aromatic carbocycles. The number of nitro groups is 1. The Hall–Kier alpha value is -4.21. The number of anilines is 2. The molecule has 0 aliphatic carbocycles. The minimum atomic E-state index is -0.528. The summed E-state index contributed by atoms with van der Waals surface area (Å²) >= 11 is 6.45. The van der Waals surface area contributed by atoms with Crippen LogP contribution in [-0.4, -0.2) is 37.1 Å². The van der Waals surface area contributed by atoms with E-state index in [9.17, 15) is 19.7 Å². The van der Waals surface area contributed by atoms with Crippen molar-refractivity contribution in [2.45, 2.75) is 0 Å². The molecular weight excluding hydrogens is 486 g/mol. The maximum atomic E-state index is 12.9. The van der Waals surface area contributed by atoms with Crippen LogP contribution in [0.25, 0.3) is 22.1 Å². The van der Waals surface area contributed by atoms with Gasteiger partial charge >= 0.3 is 5.63 Å². The summed E-state index contributed by atoms with van der Waals surface area (Å²) in [6.07, 6.45) is 0. The molecule has 1 aliphatic rings. The number of nitrogens with one attached hydrogen (secondary N) is 1. The van der Waals surface area contributed by atoms with Gasteiger partial charge in [-0.2, -0.15) is 0 Å². The summed E-state index contributed by atoms with van der Waals surface area (Å²) in [6, 6.07) is 18.0. The van der Waals surface area contributed by atoms with E-state index in [1.54, 1.807) is 42.5 Å². The van der Waals surface area contributed by atoms with Crippen molar-refractivity contribution in [1.29, 1.82) is 0 Å². The average molecular weight is 506 g/mol. The predicted molar refractivity (Wildman–Crippen MR) is 137 cm³/mol. The zero-order chi connectivity index (χ0) is 25.2. The van der Waals surface area contributed by atoms with Crippen molar-refractivity contribution < 1.29 is 18.9 Å². The molecule has 0 spiro atoms. The van der Waals surface area contributed by atoms with E-state index in [0.717, 1.165) is 5.39 Å². The highest BCUT2D eigenvalue weighted by atomic mass is 35.5. The number of hydrogen-bond acceptors (Lipinski definition) is 7. The molecule has 1 N–H and O–H groups in total. The monoisotopic (exact) mass is 505 g/mol. The molecule has 2 heterocycles. The first kappa shape index (κ1) is 23.5. The Morgan fingerprint density at radius 1 is 1.00 bits per heavy atom. The molecule has 4 aromatic rings. The van der Waals surface area contributed by atoms with Crippen LogP contribution in [0.1, 0.15) is 10.4 Å². The van der Waals surface area contributed by atoms with Crippen molar-refractivity contribution in [3.05, 3.63) is 97.9 Å². The first-order valence-electron chi connectivity index (χ1n) is 11.2. The second-order valence-electron chi connectivity index (χ2n) is 8.19. The number of carbonyl (C=O) groups is 1. The van der Waals surface area contributed by atoms with Gasteiger partial charge in [-0.05, 0) is 36.4 Å². The molecule has 0 bridgehead atoms. The summed E-state index contributed by atoms with van der Waals surface area (Å²) in [5, 5.41) is 15.4. The SMILES string of the molecule is O=C(Nc1ccc(-c2cc3ccccc3oc2=O)c(Cl)c1)c1ccc(N2CCOCC2)c([N+](=O)[O-])c1. The van der Waals surface area contributed by atoms with Gasteiger partial charge in [0.25, 0.3) is 11.6 Å². The average Bonchev–Trinajstić information content (AvgIpc) is 2.88. The Kier molecular flexibility index (Phi) is 6.41. The first-order chi connectivity index (χ1) is 17.4. The Morgan fingerprint density at radius 3 is 2.53 bits per heavy atom. The number of benzene rings is 3. The number of halogens is 1. The van der Waals surface area contributed by atoms with E-state index in [-0.39, 0.29) is 16.3 Å². The van der Waals surface area contributed by atoms with Crippen LogP contribution in [0.3, 0.4) is 0 Å². The van der Waals surface area contributed by atoms with Crippen LogP contribution in [-0.2, 0) is 4.74 Å². The van der Waals surface area contributed by atoms with Gasteiger partial charge in [0.1, 0.15) is 11.3 Å². The van der Waals surface area contributed by atoms with Crippen molar-refractivity contribution in [1.82, 2.24) is 0 Å². The number of rotatable bonds is 5. The van der Waals surface area contributed by atoms with Crippen molar-refractivity contribution >= 4 is 45.5 Å². The highest BCUT2D eigenvalue weighted by Gasteiger charge is 2.23. The lowest BCUT2D eigenvalue weighted by molar-refractivity contribution is -0.384. The lowest BCUT2D eigenvalue weighted by atomic mass is 10.1. The minimum absolute atomic E-state index is 0.133. The fourth-order valence-corrected chi connectivity index (χ4v) is 4.43. The maximum Gasteiger partial charge on any atom is 0.344 e. The van der Waals surface area contributed by atoms with Crippen LogP contribution in [0.2, 0.25) is 5.02 Å². The molecule has 1 fully saturated rings. The summed E-state index contributed by atoms with van der Waals surface area (Å²) in [7, 11) is 0. The highest BCUT2D eigenvalue weighted by Crippen LogP contribution is 2.32. The van der Waals surface area contributed by atoms with Gasteiger partial charge < -0.3 is 19.4 Å². The molecule has 0 radical (unpaired) electrons. The molecule has 0 atom stereocenters. The van der Waals surface area contributed by atoms with Crippen molar-refractivity contribution in [2.75, 3.05) is 36.5 Å². The summed E-state index contributed by atoms with van der Waals surface area (Å²) in [4.78, 5) is 38.4. The van der Waals surface area contributed by atoms with E-state index in [4.69, 9.17) is 20.8 Å². The zero-order valence-corrected chi connectivity index (χ0v) is 19.7. The fraction of sp³-hybridized carbons (Fsp3) is 0.154. The van der Waals surface area contributed by atoms with Gasteiger partial charge in [-0.25, -0.2) is 4.79 Å². The molecule has 5 rings (SSSR count). The zero-order valence-electron chi connectivity index (χ0n) is 18.9. The summed E-state index contributed by atoms with van der Waals surface area (Å²) in [6.45, 7) is 2.04. The molecule has 1 amide bonds. The summed E-state index contributed by atoms with van der Waals surface area (Å²) in [5.74, 6) is -0.527. The molecule has 36 heavy (non-hydrogen) atoms. The Morgan fingerprint density at radius 2 is 1.78 bits per heavy atom. The van der Waals surface area contributed by atoms with Crippen molar-refractivity contribution in [3.8, 4) is 11.1 Å². The molecule has 1 aliphatic heterocycles.